The first-order valence-corrected chi connectivity index (χ1v) is 11.3. The molecule has 4 atom stereocenters. The third-order valence-electron chi connectivity index (χ3n) is 5.93. The van der Waals surface area contributed by atoms with Gasteiger partial charge in [-0.3, -0.25) is 9.59 Å². The fraction of sp³-hybridized carbons (Fsp3) is 0.583. The molecule has 1 aromatic rings. The van der Waals surface area contributed by atoms with Crippen molar-refractivity contribution in [2.75, 3.05) is 32.9 Å². The molecule has 0 spiro atoms. The minimum atomic E-state index is -1.01. The van der Waals surface area contributed by atoms with Crippen molar-refractivity contribution in [1.82, 2.24) is 10.2 Å². The summed E-state index contributed by atoms with van der Waals surface area (Å²) in [6.07, 6.45) is 0.725. The predicted molar refractivity (Wildman–Crippen MR) is 119 cm³/mol. The number of hydrogen-bond acceptors (Lipinski definition) is 6. The largest absolute Gasteiger partial charge is 0.486 e. The van der Waals surface area contributed by atoms with Gasteiger partial charge >= 0.3 is 0 Å². The highest BCUT2D eigenvalue weighted by atomic mass is 16.5. The number of aliphatic hydroxyl groups is 2. The first kappa shape index (κ1) is 24.2. The second kappa shape index (κ2) is 10.9. The Morgan fingerprint density at radius 2 is 2.03 bits per heavy atom. The van der Waals surface area contributed by atoms with E-state index in [9.17, 15) is 14.7 Å². The van der Waals surface area contributed by atoms with Crippen molar-refractivity contribution in [3.05, 3.63) is 41.5 Å². The minimum Gasteiger partial charge on any atom is -0.486 e. The monoisotopic (exact) mass is 446 g/mol. The van der Waals surface area contributed by atoms with Crippen LogP contribution in [0.4, 0.5) is 0 Å². The number of nitrogens with one attached hydrogen (secondary N) is 1. The zero-order valence-corrected chi connectivity index (χ0v) is 19.0. The molecule has 3 N–H and O–H groups in total. The summed E-state index contributed by atoms with van der Waals surface area (Å²) in [5.74, 6) is -0.0547. The van der Waals surface area contributed by atoms with Crippen LogP contribution in [0.5, 0.6) is 5.75 Å². The molecule has 8 nitrogen and oxygen atoms in total. The second-order valence-electron chi connectivity index (χ2n) is 8.59. The van der Waals surface area contributed by atoms with Gasteiger partial charge in [0.15, 0.2) is 0 Å². The highest BCUT2D eigenvalue weighted by molar-refractivity contribution is 5.96. The molecule has 2 aliphatic rings. The van der Waals surface area contributed by atoms with Gasteiger partial charge in [-0.25, -0.2) is 0 Å². The van der Waals surface area contributed by atoms with E-state index in [1.54, 1.807) is 11.0 Å². The van der Waals surface area contributed by atoms with Gasteiger partial charge in [0.05, 0.1) is 18.6 Å². The van der Waals surface area contributed by atoms with Crippen molar-refractivity contribution in [2.45, 2.75) is 51.4 Å². The summed E-state index contributed by atoms with van der Waals surface area (Å²) in [5.41, 5.74) is 1.26. The van der Waals surface area contributed by atoms with Crippen molar-refractivity contribution in [2.24, 2.45) is 5.92 Å². The van der Waals surface area contributed by atoms with Crippen LogP contribution in [-0.4, -0.2) is 78.1 Å². The lowest BCUT2D eigenvalue weighted by molar-refractivity contribution is -0.142. The molecular weight excluding hydrogens is 412 g/mol. The van der Waals surface area contributed by atoms with Crippen LogP contribution < -0.4 is 10.1 Å². The van der Waals surface area contributed by atoms with Crippen LogP contribution in [0.1, 0.15) is 38.7 Å². The van der Waals surface area contributed by atoms with Gasteiger partial charge in [0, 0.05) is 30.8 Å². The number of carbonyl (C=O) groups is 2. The Hall–Kier alpha value is -2.42. The molecule has 176 valence electrons. The maximum atomic E-state index is 13.0. The lowest BCUT2D eigenvalue weighted by atomic mass is 9.77. The lowest BCUT2D eigenvalue weighted by Crippen LogP contribution is -2.56. The summed E-state index contributed by atoms with van der Waals surface area (Å²) < 4.78 is 11.4. The van der Waals surface area contributed by atoms with E-state index in [2.05, 4.69) is 19.2 Å². The Morgan fingerprint density at radius 1 is 1.28 bits per heavy atom. The number of benzene rings is 1. The van der Waals surface area contributed by atoms with E-state index in [-0.39, 0.29) is 31.6 Å². The molecule has 0 bridgehead atoms. The Bertz CT molecular complexity index is 840. The van der Waals surface area contributed by atoms with Crippen molar-refractivity contribution >= 4 is 11.8 Å². The maximum absolute atomic E-state index is 13.0. The summed E-state index contributed by atoms with van der Waals surface area (Å²) in [7, 11) is 0. The number of ether oxygens (including phenoxy) is 2. The SMILES string of the molecule is CCOCC(=O)N(CCC(C)C)C1C=C(C(=O)NCCO)C2c3ccccc3OC2C1O. The highest BCUT2D eigenvalue weighted by Crippen LogP contribution is 2.47. The van der Waals surface area contributed by atoms with E-state index in [0.717, 1.165) is 12.0 Å². The van der Waals surface area contributed by atoms with Crippen molar-refractivity contribution < 1.29 is 29.3 Å². The van der Waals surface area contributed by atoms with Gasteiger partial charge < -0.3 is 29.9 Å². The molecule has 0 fully saturated rings. The molecule has 1 aromatic carbocycles. The lowest BCUT2D eigenvalue weighted by Gasteiger charge is -2.41. The summed E-state index contributed by atoms with van der Waals surface area (Å²) in [6.45, 7) is 6.63. The van der Waals surface area contributed by atoms with Crippen LogP contribution in [0.25, 0.3) is 0 Å². The van der Waals surface area contributed by atoms with Crippen molar-refractivity contribution in [3.63, 3.8) is 0 Å². The van der Waals surface area contributed by atoms with E-state index in [1.807, 2.05) is 31.2 Å². The first-order valence-electron chi connectivity index (χ1n) is 11.3. The normalized spacial score (nSPS) is 23.8. The molecule has 32 heavy (non-hydrogen) atoms. The summed E-state index contributed by atoms with van der Waals surface area (Å²) in [4.78, 5) is 27.6. The molecule has 0 aromatic heterocycles. The number of amides is 2. The molecule has 0 saturated heterocycles. The number of fused-ring (bicyclic) bond motifs is 3. The van der Waals surface area contributed by atoms with Gasteiger partial charge in [-0.05, 0) is 31.4 Å². The molecule has 4 unspecified atom stereocenters. The number of aliphatic hydroxyl groups excluding tert-OH is 2. The fourth-order valence-corrected chi connectivity index (χ4v) is 4.30. The molecule has 2 amide bonds. The second-order valence-corrected chi connectivity index (χ2v) is 8.59. The number of carbonyl (C=O) groups excluding carboxylic acids is 2. The third-order valence-corrected chi connectivity index (χ3v) is 5.93. The molecule has 1 aliphatic heterocycles. The highest BCUT2D eigenvalue weighted by Gasteiger charge is 2.50. The molecular formula is C24H34N2O6. The first-order chi connectivity index (χ1) is 15.4. The quantitative estimate of drug-likeness (QED) is 0.499. The predicted octanol–water partition coefficient (Wildman–Crippen LogP) is 1.22. The summed E-state index contributed by atoms with van der Waals surface area (Å²) in [6, 6.07) is 6.68. The summed E-state index contributed by atoms with van der Waals surface area (Å²) >= 11 is 0. The van der Waals surface area contributed by atoms with Crippen molar-refractivity contribution in [3.8, 4) is 5.75 Å². The van der Waals surface area contributed by atoms with Gasteiger partial charge in [0.25, 0.3) is 0 Å². The van der Waals surface area contributed by atoms with Crippen LogP contribution in [0.15, 0.2) is 35.9 Å². The molecule has 8 heteroatoms. The van der Waals surface area contributed by atoms with E-state index in [1.165, 1.54) is 0 Å². The number of rotatable bonds is 10. The standard InChI is InChI=1S/C24H34N2O6/c1-4-31-14-20(28)26(11-9-15(2)3)18-13-17(24(30)25-10-12-27)21-16-7-5-6-8-19(16)32-23(21)22(18)29/h5-8,13,15,18,21-23,27,29H,4,9-12,14H2,1-3H3,(H,25,30). The molecule has 0 saturated carbocycles. The van der Waals surface area contributed by atoms with E-state index < -0.39 is 24.2 Å². The average Bonchev–Trinajstić information content (AvgIpc) is 3.17. The molecule has 1 aliphatic carbocycles. The van der Waals surface area contributed by atoms with Crippen LogP contribution in [0.3, 0.4) is 0 Å². The van der Waals surface area contributed by atoms with E-state index >= 15 is 0 Å². The van der Waals surface area contributed by atoms with Crippen LogP contribution >= 0.6 is 0 Å². The van der Waals surface area contributed by atoms with Crippen LogP contribution in [0.2, 0.25) is 0 Å². The Labute approximate surface area is 189 Å². The Kier molecular flexibility index (Phi) is 8.28. The number of hydrogen-bond donors (Lipinski definition) is 3. The van der Waals surface area contributed by atoms with Crippen molar-refractivity contribution in [1.29, 1.82) is 0 Å². The van der Waals surface area contributed by atoms with Gasteiger partial charge in [0.1, 0.15) is 24.6 Å². The number of para-hydroxylation sites is 1. The molecule has 0 radical (unpaired) electrons. The van der Waals surface area contributed by atoms with E-state index in [4.69, 9.17) is 14.6 Å². The van der Waals surface area contributed by atoms with Crippen LogP contribution in [0, 0.1) is 5.92 Å². The Balaban J connectivity index is 1.99. The fourth-order valence-electron chi connectivity index (χ4n) is 4.30. The van der Waals surface area contributed by atoms with Gasteiger partial charge in [0.2, 0.25) is 11.8 Å². The average molecular weight is 447 g/mol. The zero-order valence-electron chi connectivity index (χ0n) is 19.0. The third kappa shape index (κ3) is 5.14. The summed E-state index contributed by atoms with van der Waals surface area (Å²) in [5, 5.41) is 23.2. The van der Waals surface area contributed by atoms with Gasteiger partial charge in [-0.15, -0.1) is 0 Å². The van der Waals surface area contributed by atoms with E-state index in [0.29, 0.717) is 30.4 Å². The maximum Gasteiger partial charge on any atom is 0.249 e. The minimum absolute atomic E-state index is 0.0904. The Morgan fingerprint density at radius 3 is 2.72 bits per heavy atom. The topological polar surface area (TPSA) is 108 Å². The van der Waals surface area contributed by atoms with Gasteiger partial charge in [-0.1, -0.05) is 32.0 Å². The van der Waals surface area contributed by atoms with Gasteiger partial charge in [-0.2, -0.15) is 0 Å². The molecule has 3 rings (SSSR count). The zero-order chi connectivity index (χ0) is 23.3. The number of nitrogens with zero attached hydrogens (tertiary/aromatic N) is 1. The smallest absolute Gasteiger partial charge is 0.249 e. The molecule has 1 heterocycles. The van der Waals surface area contributed by atoms with Crippen LogP contribution in [-0.2, 0) is 14.3 Å².